The summed E-state index contributed by atoms with van der Waals surface area (Å²) in [6.07, 6.45) is 1.97. The molecule has 7 nitrogen and oxygen atoms in total. The highest BCUT2D eigenvalue weighted by atomic mass is 16.2. The number of ketones is 1. The van der Waals surface area contributed by atoms with E-state index in [1.165, 1.54) is 6.92 Å². The molecule has 0 radical (unpaired) electrons. The van der Waals surface area contributed by atoms with Gasteiger partial charge in [-0.15, -0.1) is 0 Å². The summed E-state index contributed by atoms with van der Waals surface area (Å²) >= 11 is 0. The molecule has 0 aliphatic carbocycles. The Morgan fingerprint density at radius 1 is 0.968 bits per heavy atom. The summed E-state index contributed by atoms with van der Waals surface area (Å²) in [5, 5.41) is 9.63. The Labute approximate surface area is 181 Å². The van der Waals surface area contributed by atoms with Gasteiger partial charge in [-0.3, -0.25) is 9.59 Å². The van der Waals surface area contributed by atoms with E-state index < -0.39 is 0 Å². The standard InChI is InChI=1S/C24H25N5O2/c1-16(30)19-9-5-6-10-20(19)28-24(31)21-15-22(26-18-11-13-25-14-12-18)29-23(27-21)17-7-3-2-4-8-17/h2-10,15,18,25H,11-14H2,1H3,(H,28,31)(H,26,27,29). The number of piperidine rings is 1. The third-order valence-electron chi connectivity index (χ3n) is 5.24. The molecule has 3 aromatic rings. The van der Waals surface area contributed by atoms with Gasteiger partial charge in [0, 0.05) is 23.2 Å². The molecule has 1 aliphatic heterocycles. The number of para-hydroxylation sites is 1. The maximum Gasteiger partial charge on any atom is 0.274 e. The van der Waals surface area contributed by atoms with Gasteiger partial charge in [-0.25, -0.2) is 9.97 Å². The van der Waals surface area contributed by atoms with E-state index in [0.29, 0.717) is 22.9 Å². The molecule has 0 atom stereocenters. The van der Waals surface area contributed by atoms with Gasteiger partial charge in [0.1, 0.15) is 11.5 Å². The molecule has 0 spiro atoms. The number of amides is 1. The molecule has 0 unspecified atom stereocenters. The lowest BCUT2D eigenvalue weighted by Crippen LogP contribution is -2.35. The quantitative estimate of drug-likeness (QED) is 0.531. The molecule has 2 aromatic carbocycles. The highest BCUT2D eigenvalue weighted by Crippen LogP contribution is 2.21. The molecule has 158 valence electrons. The predicted molar refractivity (Wildman–Crippen MR) is 121 cm³/mol. The number of aromatic nitrogens is 2. The molecule has 1 saturated heterocycles. The minimum absolute atomic E-state index is 0.114. The third kappa shape index (κ3) is 5.13. The summed E-state index contributed by atoms with van der Waals surface area (Å²) in [4.78, 5) is 34.1. The summed E-state index contributed by atoms with van der Waals surface area (Å²) in [6.45, 7) is 3.37. The third-order valence-corrected chi connectivity index (χ3v) is 5.24. The van der Waals surface area contributed by atoms with Gasteiger partial charge in [0.15, 0.2) is 11.6 Å². The first-order chi connectivity index (χ1) is 15.1. The minimum Gasteiger partial charge on any atom is -0.367 e. The molecule has 1 aliphatic rings. The van der Waals surface area contributed by atoms with Crippen LogP contribution in [0.1, 0.15) is 40.6 Å². The summed E-state index contributed by atoms with van der Waals surface area (Å²) in [7, 11) is 0. The van der Waals surface area contributed by atoms with Gasteiger partial charge in [-0.05, 0) is 45.0 Å². The van der Waals surface area contributed by atoms with Crippen LogP contribution < -0.4 is 16.0 Å². The van der Waals surface area contributed by atoms with E-state index in [-0.39, 0.29) is 23.4 Å². The largest absolute Gasteiger partial charge is 0.367 e. The fourth-order valence-corrected chi connectivity index (χ4v) is 3.61. The van der Waals surface area contributed by atoms with Crippen LogP contribution in [0.2, 0.25) is 0 Å². The molecule has 31 heavy (non-hydrogen) atoms. The van der Waals surface area contributed by atoms with Gasteiger partial charge in [0.2, 0.25) is 0 Å². The first kappa shape index (κ1) is 20.7. The van der Waals surface area contributed by atoms with Crippen molar-refractivity contribution in [1.82, 2.24) is 15.3 Å². The van der Waals surface area contributed by atoms with Crippen molar-refractivity contribution in [2.45, 2.75) is 25.8 Å². The first-order valence-electron chi connectivity index (χ1n) is 10.4. The molecule has 1 aromatic heterocycles. The smallest absolute Gasteiger partial charge is 0.274 e. The van der Waals surface area contributed by atoms with E-state index in [2.05, 4.69) is 25.9 Å². The monoisotopic (exact) mass is 415 g/mol. The first-order valence-corrected chi connectivity index (χ1v) is 10.4. The van der Waals surface area contributed by atoms with Crippen LogP contribution >= 0.6 is 0 Å². The van der Waals surface area contributed by atoms with Crippen LogP contribution in [0.5, 0.6) is 0 Å². The Morgan fingerprint density at radius 2 is 1.68 bits per heavy atom. The maximum atomic E-state index is 13.1. The number of hydrogen-bond acceptors (Lipinski definition) is 6. The number of Topliss-reactive ketones (excluding diaryl/α,β-unsaturated/α-hetero) is 1. The van der Waals surface area contributed by atoms with Gasteiger partial charge < -0.3 is 16.0 Å². The van der Waals surface area contributed by atoms with Crippen molar-refractivity contribution < 1.29 is 9.59 Å². The van der Waals surface area contributed by atoms with Gasteiger partial charge in [0.05, 0.1) is 5.69 Å². The number of rotatable bonds is 6. The van der Waals surface area contributed by atoms with Crippen LogP contribution in [-0.2, 0) is 0 Å². The summed E-state index contributed by atoms with van der Waals surface area (Å²) in [5.41, 5.74) is 1.99. The Bertz CT molecular complexity index is 1080. The molecule has 1 fully saturated rings. The molecule has 1 amide bonds. The predicted octanol–water partition coefficient (Wildman–Crippen LogP) is 3.76. The molecule has 0 saturated carbocycles. The number of carbonyl (C=O) groups is 2. The summed E-state index contributed by atoms with van der Waals surface area (Å²) in [6, 6.07) is 18.5. The number of anilines is 2. The molecule has 2 heterocycles. The van der Waals surface area contributed by atoms with Crippen molar-refractivity contribution in [3.8, 4) is 11.4 Å². The lowest BCUT2D eigenvalue weighted by molar-refractivity contribution is 0.101. The number of nitrogens with one attached hydrogen (secondary N) is 3. The fraction of sp³-hybridized carbons (Fsp3) is 0.250. The molecule has 0 bridgehead atoms. The van der Waals surface area contributed by atoms with Gasteiger partial charge >= 0.3 is 0 Å². The normalized spacial score (nSPS) is 14.1. The van der Waals surface area contributed by atoms with Crippen molar-refractivity contribution in [2.75, 3.05) is 23.7 Å². The maximum absolute atomic E-state index is 13.1. The fourth-order valence-electron chi connectivity index (χ4n) is 3.61. The zero-order valence-corrected chi connectivity index (χ0v) is 17.4. The lowest BCUT2D eigenvalue weighted by atomic mass is 10.1. The Morgan fingerprint density at radius 3 is 2.42 bits per heavy atom. The second kappa shape index (κ2) is 9.49. The van der Waals surface area contributed by atoms with Crippen molar-refractivity contribution >= 4 is 23.2 Å². The lowest BCUT2D eigenvalue weighted by Gasteiger charge is -2.24. The summed E-state index contributed by atoms with van der Waals surface area (Å²) < 4.78 is 0. The average Bonchev–Trinajstić information content (AvgIpc) is 2.80. The zero-order chi connectivity index (χ0) is 21.6. The van der Waals surface area contributed by atoms with Crippen molar-refractivity contribution in [1.29, 1.82) is 0 Å². The van der Waals surface area contributed by atoms with Crippen LogP contribution in [0.4, 0.5) is 11.5 Å². The van der Waals surface area contributed by atoms with Gasteiger partial charge in [0.25, 0.3) is 5.91 Å². The van der Waals surface area contributed by atoms with E-state index in [0.717, 1.165) is 31.5 Å². The number of carbonyl (C=O) groups excluding carboxylic acids is 2. The van der Waals surface area contributed by atoms with E-state index >= 15 is 0 Å². The zero-order valence-electron chi connectivity index (χ0n) is 17.4. The topological polar surface area (TPSA) is 96.0 Å². The van der Waals surface area contributed by atoms with E-state index in [1.54, 1.807) is 30.3 Å². The average molecular weight is 415 g/mol. The Kier molecular flexibility index (Phi) is 6.33. The van der Waals surface area contributed by atoms with E-state index in [9.17, 15) is 9.59 Å². The van der Waals surface area contributed by atoms with Crippen LogP contribution in [0.3, 0.4) is 0 Å². The second-order valence-corrected chi connectivity index (χ2v) is 7.55. The van der Waals surface area contributed by atoms with Crippen LogP contribution in [0.25, 0.3) is 11.4 Å². The number of hydrogen-bond donors (Lipinski definition) is 3. The highest BCUT2D eigenvalue weighted by Gasteiger charge is 2.18. The Hall–Kier alpha value is -3.58. The van der Waals surface area contributed by atoms with Crippen molar-refractivity contribution in [3.05, 3.63) is 71.9 Å². The Balaban J connectivity index is 1.66. The van der Waals surface area contributed by atoms with Gasteiger partial charge in [-0.1, -0.05) is 42.5 Å². The van der Waals surface area contributed by atoms with E-state index in [1.807, 2.05) is 30.3 Å². The SMILES string of the molecule is CC(=O)c1ccccc1NC(=O)c1cc(NC2CCNCC2)nc(-c2ccccc2)n1. The second-order valence-electron chi connectivity index (χ2n) is 7.55. The highest BCUT2D eigenvalue weighted by molar-refractivity contribution is 6.08. The molecular weight excluding hydrogens is 390 g/mol. The number of nitrogens with zero attached hydrogens (tertiary/aromatic N) is 2. The van der Waals surface area contributed by atoms with E-state index in [4.69, 9.17) is 0 Å². The van der Waals surface area contributed by atoms with Crippen molar-refractivity contribution in [2.24, 2.45) is 0 Å². The van der Waals surface area contributed by atoms with Crippen LogP contribution in [-0.4, -0.2) is 40.8 Å². The summed E-state index contributed by atoms with van der Waals surface area (Å²) in [5.74, 6) is 0.591. The molecule has 7 heteroatoms. The minimum atomic E-state index is -0.387. The molecule has 3 N–H and O–H groups in total. The number of benzene rings is 2. The van der Waals surface area contributed by atoms with Crippen molar-refractivity contribution in [3.63, 3.8) is 0 Å². The molecular formula is C24H25N5O2. The van der Waals surface area contributed by atoms with Crippen LogP contribution in [0, 0.1) is 0 Å². The van der Waals surface area contributed by atoms with Crippen LogP contribution in [0.15, 0.2) is 60.7 Å². The molecule has 4 rings (SSSR count). The van der Waals surface area contributed by atoms with Gasteiger partial charge in [-0.2, -0.15) is 0 Å².